The fraction of sp³-hybridized carbons (Fsp3) is 0.833. The van der Waals surface area contributed by atoms with Gasteiger partial charge < -0.3 is 14.4 Å². The summed E-state index contributed by atoms with van der Waals surface area (Å²) in [7, 11) is 0. The van der Waals surface area contributed by atoms with Gasteiger partial charge in [0.05, 0.1) is 6.54 Å². The van der Waals surface area contributed by atoms with Crippen LogP contribution in [-0.4, -0.2) is 47.7 Å². The average Bonchev–Trinajstić information content (AvgIpc) is 2.25. The molecule has 1 unspecified atom stereocenters. The Hall–Kier alpha value is -1.10. The number of hydrogen-bond acceptors (Lipinski definition) is 4. The minimum absolute atomic E-state index is 0.103. The van der Waals surface area contributed by atoms with Crippen LogP contribution in [-0.2, 0) is 14.3 Å². The molecule has 2 saturated heterocycles. The summed E-state index contributed by atoms with van der Waals surface area (Å²) in [5.41, 5.74) is -1.23. The molecule has 2 aliphatic rings. The van der Waals surface area contributed by atoms with Crippen LogP contribution in [0.4, 0.5) is 4.79 Å². The Morgan fingerprint density at radius 3 is 2.65 bits per heavy atom. The maximum Gasteiger partial charge on any atom is 0.410 e. The van der Waals surface area contributed by atoms with Gasteiger partial charge in [0.25, 0.3) is 0 Å². The van der Waals surface area contributed by atoms with E-state index in [0.717, 1.165) is 6.42 Å². The third-order valence-corrected chi connectivity index (χ3v) is 3.09. The van der Waals surface area contributed by atoms with Crippen molar-refractivity contribution in [2.45, 2.75) is 44.8 Å². The van der Waals surface area contributed by atoms with Crippen molar-refractivity contribution in [1.82, 2.24) is 4.90 Å². The molecule has 0 aromatic carbocycles. The lowest BCUT2D eigenvalue weighted by atomic mass is 9.85. The van der Waals surface area contributed by atoms with Gasteiger partial charge >= 0.3 is 6.09 Å². The quantitative estimate of drug-likeness (QED) is 0.642. The minimum atomic E-state index is -0.727. The third-order valence-electron chi connectivity index (χ3n) is 3.09. The highest BCUT2D eigenvalue weighted by Gasteiger charge is 2.51. The molecule has 0 saturated carbocycles. The van der Waals surface area contributed by atoms with Gasteiger partial charge in [-0.3, -0.25) is 4.79 Å². The summed E-state index contributed by atoms with van der Waals surface area (Å²) >= 11 is 0. The molecule has 0 aromatic heterocycles. The lowest BCUT2D eigenvalue weighted by Crippen LogP contribution is -2.64. The van der Waals surface area contributed by atoms with Crippen LogP contribution in [0.5, 0.6) is 0 Å². The van der Waals surface area contributed by atoms with E-state index in [1.165, 1.54) is 0 Å². The highest BCUT2D eigenvalue weighted by Crippen LogP contribution is 2.33. The molecule has 2 rings (SSSR count). The van der Waals surface area contributed by atoms with Crippen molar-refractivity contribution in [3.63, 3.8) is 0 Å². The van der Waals surface area contributed by atoms with Gasteiger partial charge in [-0.25, -0.2) is 4.79 Å². The molecule has 1 amide bonds. The smallest absolute Gasteiger partial charge is 0.410 e. The van der Waals surface area contributed by atoms with Crippen LogP contribution in [0.1, 0.15) is 33.6 Å². The Morgan fingerprint density at radius 2 is 2.18 bits per heavy atom. The van der Waals surface area contributed by atoms with E-state index in [9.17, 15) is 9.59 Å². The molecule has 96 valence electrons. The van der Waals surface area contributed by atoms with Crippen molar-refractivity contribution < 1.29 is 19.1 Å². The number of carbonyl (C=O) groups excluding carboxylic acids is 2. The van der Waals surface area contributed by atoms with Crippen LogP contribution < -0.4 is 0 Å². The first-order valence-electron chi connectivity index (χ1n) is 5.98. The van der Waals surface area contributed by atoms with E-state index >= 15 is 0 Å². The highest BCUT2D eigenvalue weighted by atomic mass is 16.6. The van der Waals surface area contributed by atoms with Gasteiger partial charge in [-0.2, -0.15) is 0 Å². The van der Waals surface area contributed by atoms with Crippen LogP contribution in [0.25, 0.3) is 0 Å². The Morgan fingerprint density at radius 1 is 1.47 bits per heavy atom. The Bertz CT molecular complexity index is 347. The molecule has 17 heavy (non-hydrogen) atoms. The zero-order valence-corrected chi connectivity index (χ0v) is 10.6. The molecule has 1 atom stereocenters. The van der Waals surface area contributed by atoms with E-state index < -0.39 is 11.2 Å². The summed E-state index contributed by atoms with van der Waals surface area (Å²) in [6.45, 7) is 6.64. The third kappa shape index (κ3) is 2.44. The van der Waals surface area contributed by atoms with Crippen molar-refractivity contribution in [1.29, 1.82) is 0 Å². The molecule has 1 spiro atoms. The van der Waals surface area contributed by atoms with Crippen LogP contribution in [0, 0.1) is 0 Å². The number of carbonyl (C=O) groups is 2. The first-order valence-corrected chi connectivity index (χ1v) is 5.98. The van der Waals surface area contributed by atoms with Crippen LogP contribution in [0.2, 0.25) is 0 Å². The second kappa shape index (κ2) is 3.98. The number of Topliss-reactive ketones (excluding diaryl/α,β-unsaturated/α-hetero) is 1. The average molecular weight is 241 g/mol. The summed E-state index contributed by atoms with van der Waals surface area (Å²) in [6.07, 6.45) is 1.13. The van der Waals surface area contributed by atoms with E-state index in [1.807, 2.05) is 20.8 Å². The molecule has 2 aliphatic heterocycles. The highest BCUT2D eigenvalue weighted by molar-refractivity contribution is 5.93. The van der Waals surface area contributed by atoms with Gasteiger partial charge in [-0.05, 0) is 33.6 Å². The van der Waals surface area contributed by atoms with Gasteiger partial charge in [0.2, 0.25) is 0 Å². The number of nitrogens with zero attached hydrogens (tertiary/aromatic N) is 1. The minimum Gasteiger partial charge on any atom is -0.444 e. The Labute approximate surface area is 101 Å². The lowest BCUT2D eigenvalue weighted by Gasteiger charge is -2.46. The first kappa shape index (κ1) is 12.4. The predicted molar refractivity (Wildman–Crippen MR) is 60.7 cm³/mol. The molecule has 0 aromatic rings. The van der Waals surface area contributed by atoms with E-state index in [1.54, 1.807) is 4.90 Å². The van der Waals surface area contributed by atoms with Gasteiger partial charge in [0.15, 0.2) is 5.78 Å². The Kier molecular flexibility index (Phi) is 2.89. The van der Waals surface area contributed by atoms with Crippen molar-refractivity contribution in [2.75, 3.05) is 19.7 Å². The SMILES string of the molecule is CC(C)(C)OC(=O)N1CCCC2(C1)OCC2=O. The van der Waals surface area contributed by atoms with E-state index in [4.69, 9.17) is 9.47 Å². The summed E-state index contributed by atoms with van der Waals surface area (Å²) in [6, 6.07) is 0. The number of hydrogen-bond donors (Lipinski definition) is 0. The number of likely N-dealkylation sites (tertiary alicyclic amines) is 1. The lowest BCUT2D eigenvalue weighted by molar-refractivity contribution is -0.188. The number of amides is 1. The van der Waals surface area contributed by atoms with Gasteiger partial charge in [0, 0.05) is 6.54 Å². The topological polar surface area (TPSA) is 55.8 Å². The molecule has 2 heterocycles. The van der Waals surface area contributed by atoms with Crippen LogP contribution in [0.3, 0.4) is 0 Å². The van der Waals surface area contributed by atoms with Crippen molar-refractivity contribution in [3.05, 3.63) is 0 Å². The number of piperidine rings is 1. The van der Waals surface area contributed by atoms with E-state index in [-0.39, 0.29) is 18.5 Å². The normalized spacial score (nSPS) is 29.1. The maximum atomic E-state index is 11.9. The summed E-state index contributed by atoms with van der Waals surface area (Å²) in [5.74, 6) is 0.103. The van der Waals surface area contributed by atoms with E-state index in [2.05, 4.69) is 0 Å². The van der Waals surface area contributed by atoms with Gasteiger partial charge in [-0.1, -0.05) is 0 Å². The van der Waals surface area contributed by atoms with E-state index in [0.29, 0.717) is 19.5 Å². The molecule has 0 radical (unpaired) electrons. The first-order chi connectivity index (χ1) is 7.82. The number of ether oxygens (including phenoxy) is 2. The van der Waals surface area contributed by atoms with Gasteiger partial charge in [0.1, 0.15) is 17.8 Å². The summed E-state index contributed by atoms with van der Waals surface area (Å²) in [5, 5.41) is 0. The fourth-order valence-electron chi connectivity index (χ4n) is 2.18. The van der Waals surface area contributed by atoms with Crippen LogP contribution >= 0.6 is 0 Å². The molecular weight excluding hydrogens is 222 g/mol. The standard InChI is InChI=1S/C12H19NO4/c1-11(2,3)17-10(15)13-6-4-5-12(8-13)9(14)7-16-12/h4-8H2,1-3H3. The van der Waals surface area contributed by atoms with Crippen molar-refractivity contribution >= 4 is 11.9 Å². The molecule has 0 aliphatic carbocycles. The molecule has 5 heteroatoms. The fourth-order valence-corrected chi connectivity index (χ4v) is 2.18. The number of rotatable bonds is 0. The molecule has 0 N–H and O–H groups in total. The number of ketones is 1. The largest absolute Gasteiger partial charge is 0.444 e. The second-order valence-electron chi connectivity index (χ2n) is 5.71. The molecule has 5 nitrogen and oxygen atoms in total. The van der Waals surface area contributed by atoms with Crippen molar-refractivity contribution in [2.24, 2.45) is 0 Å². The zero-order chi connectivity index (χ0) is 12.7. The molecular formula is C12H19NO4. The molecule has 2 fully saturated rings. The molecule has 0 bridgehead atoms. The second-order valence-corrected chi connectivity index (χ2v) is 5.71. The Balaban J connectivity index is 1.98. The monoisotopic (exact) mass is 241 g/mol. The summed E-state index contributed by atoms with van der Waals surface area (Å²) in [4.78, 5) is 25.0. The van der Waals surface area contributed by atoms with Gasteiger partial charge in [-0.15, -0.1) is 0 Å². The maximum absolute atomic E-state index is 11.9. The summed E-state index contributed by atoms with van der Waals surface area (Å²) < 4.78 is 10.7. The predicted octanol–water partition coefficient (Wildman–Crippen LogP) is 1.36. The van der Waals surface area contributed by atoms with Crippen molar-refractivity contribution in [3.8, 4) is 0 Å². The van der Waals surface area contributed by atoms with Crippen LogP contribution in [0.15, 0.2) is 0 Å². The zero-order valence-electron chi connectivity index (χ0n) is 10.6.